The van der Waals surface area contributed by atoms with Gasteiger partial charge < -0.3 is 5.11 Å². The standard InChI is InChI=1S/C9H7F2NO3/c10-7-4-6(2-1-3-13)9(12(14)15)5-8(7)11/h1-2,4-5,13H,3H2/b2-1+. The van der Waals surface area contributed by atoms with Crippen LogP contribution in [0.2, 0.25) is 0 Å². The molecule has 0 unspecified atom stereocenters. The van der Waals surface area contributed by atoms with Crippen molar-refractivity contribution in [2.45, 2.75) is 0 Å². The van der Waals surface area contributed by atoms with Crippen LogP contribution in [0.1, 0.15) is 5.56 Å². The molecule has 0 fully saturated rings. The van der Waals surface area contributed by atoms with E-state index in [4.69, 9.17) is 5.11 Å². The highest BCUT2D eigenvalue weighted by molar-refractivity contribution is 5.61. The number of benzene rings is 1. The molecule has 1 N–H and O–H groups in total. The highest BCUT2D eigenvalue weighted by atomic mass is 19.2. The van der Waals surface area contributed by atoms with Crippen LogP contribution in [0, 0.1) is 21.7 Å². The first-order valence-electron chi connectivity index (χ1n) is 3.97. The van der Waals surface area contributed by atoms with Crippen molar-refractivity contribution >= 4 is 11.8 Å². The zero-order valence-corrected chi connectivity index (χ0v) is 7.48. The number of nitro groups is 1. The van der Waals surface area contributed by atoms with Gasteiger partial charge in [-0.25, -0.2) is 8.78 Å². The second-order valence-electron chi connectivity index (χ2n) is 2.67. The fourth-order valence-electron chi connectivity index (χ4n) is 1.02. The monoisotopic (exact) mass is 215 g/mol. The van der Waals surface area contributed by atoms with Gasteiger partial charge in [0, 0.05) is 0 Å². The van der Waals surface area contributed by atoms with Gasteiger partial charge in [-0.15, -0.1) is 0 Å². The second kappa shape index (κ2) is 4.61. The molecule has 1 aromatic rings. The molecule has 0 heterocycles. The zero-order valence-electron chi connectivity index (χ0n) is 7.48. The third-order valence-electron chi connectivity index (χ3n) is 1.67. The molecule has 0 bridgehead atoms. The SMILES string of the molecule is O=[N+]([O-])c1cc(F)c(F)cc1/C=C/CO. The molecule has 0 aliphatic carbocycles. The van der Waals surface area contributed by atoms with Crippen LogP contribution in [0.25, 0.3) is 6.08 Å². The summed E-state index contributed by atoms with van der Waals surface area (Å²) in [6.45, 7) is -0.337. The first kappa shape index (κ1) is 11.3. The Kier molecular flexibility index (Phi) is 3.46. The number of aliphatic hydroxyl groups excluding tert-OH is 1. The smallest absolute Gasteiger partial charge is 0.279 e. The van der Waals surface area contributed by atoms with Gasteiger partial charge in [-0.2, -0.15) is 0 Å². The lowest BCUT2D eigenvalue weighted by Gasteiger charge is -1.98. The highest BCUT2D eigenvalue weighted by Gasteiger charge is 2.16. The summed E-state index contributed by atoms with van der Waals surface area (Å²) in [4.78, 5) is 9.65. The van der Waals surface area contributed by atoms with E-state index in [1.165, 1.54) is 6.08 Å². The van der Waals surface area contributed by atoms with Crippen molar-refractivity contribution in [1.29, 1.82) is 0 Å². The predicted octanol–water partition coefficient (Wildman–Crippen LogP) is 1.88. The molecule has 6 heteroatoms. The molecule has 0 saturated carbocycles. The van der Waals surface area contributed by atoms with E-state index < -0.39 is 22.2 Å². The maximum Gasteiger partial charge on any atom is 0.279 e. The van der Waals surface area contributed by atoms with Crippen molar-refractivity contribution in [2.75, 3.05) is 6.61 Å². The van der Waals surface area contributed by atoms with Crippen LogP contribution in [-0.2, 0) is 0 Å². The number of halogens is 2. The molecule has 0 aromatic heterocycles. The minimum absolute atomic E-state index is 0.0899. The molecule has 0 radical (unpaired) electrons. The topological polar surface area (TPSA) is 63.4 Å². The van der Waals surface area contributed by atoms with E-state index >= 15 is 0 Å². The van der Waals surface area contributed by atoms with Crippen LogP contribution in [0.5, 0.6) is 0 Å². The Morgan fingerprint density at radius 3 is 2.53 bits per heavy atom. The average molecular weight is 215 g/mol. The molecular weight excluding hydrogens is 208 g/mol. The van der Waals surface area contributed by atoms with E-state index in [1.807, 2.05) is 0 Å². The highest BCUT2D eigenvalue weighted by Crippen LogP contribution is 2.23. The summed E-state index contributed by atoms with van der Waals surface area (Å²) in [6, 6.07) is 1.21. The molecule has 1 rings (SSSR count). The number of aliphatic hydroxyl groups is 1. The summed E-state index contributed by atoms with van der Waals surface area (Å²) in [5, 5.41) is 18.9. The Labute approximate surface area is 83.6 Å². The third-order valence-corrected chi connectivity index (χ3v) is 1.67. The minimum Gasteiger partial charge on any atom is -0.392 e. The maximum atomic E-state index is 12.8. The molecule has 15 heavy (non-hydrogen) atoms. The van der Waals surface area contributed by atoms with Crippen molar-refractivity contribution < 1.29 is 18.8 Å². The van der Waals surface area contributed by atoms with Gasteiger partial charge in [-0.1, -0.05) is 6.08 Å². The summed E-state index contributed by atoms with van der Waals surface area (Å²) in [5.41, 5.74) is -0.633. The number of nitro benzene ring substituents is 1. The molecular formula is C9H7F2NO3. The fourth-order valence-corrected chi connectivity index (χ4v) is 1.02. The Hall–Kier alpha value is -1.82. The molecule has 0 spiro atoms. The first-order chi connectivity index (χ1) is 7.06. The summed E-state index contributed by atoms with van der Waals surface area (Å²) in [7, 11) is 0. The van der Waals surface area contributed by atoms with Gasteiger partial charge in [-0.05, 0) is 12.1 Å². The third kappa shape index (κ3) is 2.57. The van der Waals surface area contributed by atoms with E-state index in [0.29, 0.717) is 12.1 Å². The Bertz CT molecular complexity index is 418. The lowest BCUT2D eigenvalue weighted by molar-refractivity contribution is -0.385. The van der Waals surface area contributed by atoms with Gasteiger partial charge >= 0.3 is 0 Å². The molecule has 0 aliphatic rings. The van der Waals surface area contributed by atoms with Gasteiger partial charge in [0.2, 0.25) is 0 Å². The number of hydrogen-bond acceptors (Lipinski definition) is 3. The summed E-state index contributed by atoms with van der Waals surface area (Å²) >= 11 is 0. The number of nitrogens with zero attached hydrogens (tertiary/aromatic N) is 1. The normalized spacial score (nSPS) is 10.9. The van der Waals surface area contributed by atoms with Crippen molar-refractivity contribution in [2.24, 2.45) is 0 Å². The van der Waals surface area contributed by atoms with E-state index in [9.17, 15) is 18.9 Å². The fraction of sp³-hybridized carbons (Fsp3) is 0.111. The van der Waals surface area contributed by atoms with E-state index in [2.05, 4.69) is 0 Å². The van der Waals surface area contributed by atoms with E-state index in [0.717, 1.165) is 6.08 Å². The summed E-state index contributed by atoms with van der Waals surface area (Å²) in [5.74, 6) is -2.44. The van der Waals surface area contributed by atoms with Crippen LogP contribution in [0.15, 0.2) is 18.2 Å². The van der Waals surface area contributed by atoms with Crippen LogP contribution in [0.4, 0.5) is 14.5 Å². The summed E-state index contributed by atoms with van der Waals surface area (Å²) in [6.07, 6.45) is 2.35. The number of rotatable bonds is 3. The van der Waals surface area contributed by atoms with Crippen LogP contribution >= 0.6 is 0 Å². The molecule has 80 valence electrons. The van der Waals surface area contributed by atoms with Crippen molar-refractivity contribution in [1.82, 2.24) is 0 Å². The Morgan fingerprint density at radius 2 is 2.00 bits per heavy atom. The maximum absolute atomic E-state index is 12.8. The van der Waals surface area contributed by atoms with Gasteiger partial charge in [0.15, 0.2) is 11.6 Å². The predicted molar refractivity (Wildman–Crippen MR) is 49.1 cm³/mol. The quantitative estimate of drug-likeness (QED) is 0.618. The molecule has 4 nitrogen and oxygen atoms in total. The zero-order chi connectivity index (χ0) is 11.4. The van der Waals surface area contributed by atoms with E-state index in [-0.39, 0.29) is 12.2 Å². The average Bonchev–Trinajstić information content (AvgIpc) is 2.19. The van der Waals surface area contributed by atoms with Gasteiger partial charge in [-0.3, -0.25) is 10.1 Å². The summed E-state index contributed by atoms with van der Waals surface area (Å²) < 4.78 is 25.4. The Balaban J connectivity index is 3.28. The lowest BCUT2D eigenvalue weighted by Crippen LogP contribution is -1.95. The van der Waals surface area contributed by atoms with E-state index in [1.54, 1.807) is 0 Å². The Morgan fingerprint density at radius 1 is 1.40 bits per heavy atom. The van der Waals surface area contributed by atoms with Crippen molar-refractivity contribution in [3.8, 4) is 0 Å². The number of hydrogen-bond donors (Lipinski definition) is 1. The van der Waals surface area contributed by atoms with Crippen molar-refractivity contribution in [3.05, 3.63) is 45.5 Å². The van der Waals surface area contributed by atoms with Crippen molar-refractivity contribution in [3.63, 3.8) is 0 Å². The molecule has 0 aliphatic heterocycles. The van der Waals surface area contributed by atoms with Crippen LogP contribution < -0.4 is 0 Å². The second-order valence-corrected chi connectivity index (χ2v) is 2.67. The lowest BCUT2D eigenvalue weighted by atomic mass is 10.1. The largest absolute Gasteiger partial charge is 0.392 e. The van der Waals surface area contributed by atoms with Crippen LogP contribution in [-0.4, -0.2) is 16.6 Å². The molecule has 0 saturated heterocycles. The molecule has 0 amide bonds. The van der Waals surface area contributed by atoms with Gasteiger partial charge in [0.05, 0.1) is 23.2 Å². The molecule has 0 atom stereocenters. The van der Waals surface area contributed by atoms with Crippen LogP contribution in [0.3, 0.4) is 0 Å². The van der Waals surface area contributed by atoms with Gasteiger partial charge in [0.25, 0.3) is 5.69 Å². The molecule has 1 aromatic carbocycles. The first-order valence-corrected chi connectivity index (χ1v) is 3.97. The minimum atomic E-state index is -1.28. The van der Waals surface area contributed by atoms with Gasteiger partial charge in [0.1, 0.15) is 0 Å².